The Morgan fingerprint density at radius 2 is 2.00 bits per heavy atom. The van der Waals surface area contributed by atoms with Gasteiger partial charge in [-0.3, -0.25) is 4.79 Å². The van der Waals surface area contributed by atoms with Crippen molar-refractivity contribution >= 4 is 11.5 Å². The SMILES string of the molecule is CN(C)C/C=C1/c2ccccc2COc2ccc(CC(=O)O)cc21. The van der Waals surface area contributed by atoms with Gasteiger partial charge in [0.25, 0.3) is 0 Å². The molecule has 1 aliphatic rings. The summed E-state index contributed by atoms with van der Waals surface area (Å²) in [7, 11) is 4.05. The lowest BCUT2D eigenvalue weighted by Gasteiger charge is -2.13. The minimum atomic E-state index is -0.830. The Morgan fingerprint density at radius 1 is 1.21 bits per heavy atom. The normalized spacial score (nSPS) is 14.7. The van der Waals surface area contributed by atoms with E-state index in [1.54, 1.807) is 0 Å². The minimum absolute atomic E-state index is 0.00981. The van der Waals surface area contributed by atoms with Gasteiger partial charge in [0, 0.05) is 12.1 Å². The molecular weight excluding hydrogens is 302 g/mol. The van der Waals surface area contributed by atoms with Crippen LogP contribution in [-0.2, 0) is 17.8 Å². The van der Waals surface area contributed by atoms with Crippen molar-refractivity contribution in [1.29, 1.82) is 0 Å². The summed E-state index contributed by atoms with van der Waals surface area (Å²) < 4.78 is 5.97. The van der Waals surface area contributed by atoms with E-state index in [9.17, 15) is 4.79 Å². The summed E-state index contributed by atoms with van der Waals surface area (Å²) in [5.74, 6) is -0.0333. The first-order valence-electron chi connectivity index (χ1n) is 7.95. The smallest absolute Gasteiger partial charge is 0.307 e. The number of hydrogen-bond donors (Lipinski definition) is 1. The number of carboxylic acid groups (broad SMARTS) is 1. The van der Waals surface area contributed by atoms with E-state index in [1.807, 2.05) is 44.4 Å². The average molecular weight is 323 g/mol. The maximum Gasteiger partial charge on any atom is 0.307 e. The van der Waals surface area contributed by atoms with Crippen LogP contribution in [0.1, 0.15) is 22.3 Å². The molecule has 2 aromatic carbocycles. The second kappa shape index (κ2) is 6.89. The lowest BCUT2D eigenvalue weighted by atomic mass is 9.92. The van der Waals surface area contributed by atoms with Crippen molar-refractivity contribution < 1.29 is 14.6 Å². The van der Waals surface area contributed by atoms with Crippen LogP contribution in [0.15, 0.2) is 48.5 Å². The van der Waals surface area contributed by atoms with Crippen LogP contribution in [-0.4, -0.2) is 36.6 Å². The highest BCUT2D eigenvalue weighted by atomic mass is 16.5. The fourth-order valence-corrected chi connectivity index (χ4v) is 2.90. The highest BCUT2D eigenvalue weighted by Gasteiger charge is 2.19. The molecule has 0 amide bonds. The highest BCUT2D eigenvalue weighted by Crippen LogP contribution is 2.37. The molecule has 0 spiro atoms. The molecule has 4 nitrogen and oxygen atoms in total. The molecule has 0 unspecified atom stereocenters. The van der Waals surface area contributed by atoms with E-state index >= 15 is 0 Å². The Balaban J connectivity index is 2.14. The van der Waals surface area contributed by atoms with Gasteiger partial charge < -0.3 is 14.7 Å². The first-order valence-corrected chi connectivity index (χ1v) is 7.95. The van der Waals surface area contributed by atoms with E-state index in [0.717, 1.165) is 40.1 Å². The predicted octanol–water partition coefficient (Wildman–Crippen LogP) is 3.20. The van der Waals surface area contributed by atoms with Crippen LogP contribution in [0.5, 0.6) is 5.75 Å². The molecular formula is C20H21NO3. The molecule has 124 valence electrons. The van der Waals surface area contributed by atoms with E-state index in [-0.39, 0.29) is 6.42 Å². The Kier molecular flexibility index (Phi) is 4.67. The quantitative estimate of drug-likeness (QED) is 0.939. The topological polar surface area (TPSA) is 49.8 Å². The van der Waals surface area contributed by atoms with Gasteiger partial charge in [-0.1, -0.05) is 36.4 Å². The van der Waals surface area contributed by atoms with Crippen LogP contribution in [0.25, 0.3) is 5.57 Å². The van der Waals surface area contributed by atoms with Crippen LogP contribution in [0.3, 0.4) is 0 Å². The number of nitrogens with zero attached hydrogens (tertiary/aromatic N) is 1. The molecule has 0 saturated carbocycles. The molecule has 0 aliphatic carbocycles. The van der Waals surface area contributed by atoms with E-state index < -0.39 is 5.97 Å². The van der Waals surface area contributed by atoms with Gasteiger partial charge in [-0.2, -0.15) is 0 Å². The van der Waals surface area contributed by atoms with Gasteiger partial charge >= 0.3 is 5.97 Å². The molecule has 0 bridgehead atoms. The van der Waals surface area contributed by atoms with Gasteiger partial charge in [0.2, 0.25) is 0 Å². The number of aliphatic carboxylic acids is 1. The molecule has 1 heterocycles. The largest absolute Gasteiger partial charge is 0.488 e. The molecule has 4 heteroatoms. The van der Waals surface area contributed by atoms with Gasteiger partial charge in [0.1, 0.15) is 12.4 Å². The molecule has 1 aliphatic heterocycles. The van der Waals surface area contributed by atoms with Gasteiger partial charge in [0.05, 0.1) is 6.42 Å². The standard InChI is InChI=1S/C20H21NO3/c1-21(2)10-9-17-16-6-4-3-5-15(16)13-24-19-8-7-14(11-18(17)19)12-20(22)23/h3-9,11H,10,12-13H2,1-2H3,(H,22,23)/b17-9-. The van der Waals surface area contributed by atoms with E-state index in [2.05, 4.69) is 23.1 Å². The number of benzene rings is 2. The van der Waals surface area contributed by atoms with Crippen LogP contribution < -0.4 is 4.74 Å². The molecule has 0 atom stereocenters. The van der Waals surface area contributed by atoms with Crippen molar-refractivity contribution in [3.05, 3.63) is 70.8 Å². The number of carboxylic acids is 1. The molecule has 24 heavy (non-hydrogen) atoms. The molecule has 0 radical (unpaired) electrons. The van der Waals surface area contributed by atoms with Crippen molar-refractivity contribution in [2.45, 2.75) is 13.0 Å². The molecule has 2 aromatic rings. The maximum absolute atomic E-state index is 11.0. The number of hydrogen-bond acceptors (Lipinski definition) is 3. The van der Waals surface area contributed by atoms with Crippen LogP contribution in [0.2, 0.25) is 0 Å². The summed E-state index contributed by atoms with van der Waals surface area (Å²) in [6, 6.07) is 13.8. The zero-order valence-corrected chi connectivity index (χ0v) is 14.0. The fourth-order valence-electron chi connectivity index (χ4n) is 2.90. The van der Waals surface area contributed by atoms with Crippen molar-refractivity contribution in [2.75, 3.05) is 20.6 Å². The predicted molar refractivity (Wildman–Crippen MR) is 94.2 cm³/mol. The number of rotatable bonds is 4. The zero-order valence-electron chi connectivity index (χ0n) is 14.0. The summed E-state index contributed by atoms with van der Waals surface area (Å²) in [5, 5.41) is 9.07. The molecule has 1 N–H and O–H groups in total. The molecule has 0 saturated heterocycles. The first-order chi connectivity index (χ1) is 11.5. The lowest BCUT2D eigenvalue weighted by Crippen LogP contribution is -2.11. The summed E-state index contributed by atoms with van der Waals surface area (Å²) in [5.41, 5.74) is 5.11. The maximum atomic E-state index is 11.0. The summed E-state index contributed by atoms with van der Waals surface area (Å²) >= 11 is 0. The van der Waals surface area contributed by atoms with Crippen molar-refractivity contribution in [2.24, 2.45) is 0 Å². The highest BCUT2D eigenvalue weighted by molar-refractivity contribution is 5.85. The van der Waals surface area contributed by atoms with Crippen LogP contribution >= 0.6 is 0 Å². The fraction of sp³-hybridized carbons (Fsp3) is 0.250. The lowest BCUT2D eigenvalue weighted by molar-refractivity contribution is -0.136. The third-order valence-electron chi connectivity index (χ3n) is 4.04. The molecule has 3 rings (SSSR count). The van der Waals surface area contributed by atoms with Crippen molar-refractivity contribution in [3.63, 3.8) is 0 Å². The Morgan fingerprint density at radius 3 is 2.75 bits per heavy atom. The van der Waals surface area contributed by atoms with Crippen LogP contribution in [0, 0.1) is 0 Å². The third kappa shape index (κ3) is 3.49. The zero-order chi connectivity index (χ0) is 17.1. The number of carbonyl (C=O) groups is 1. The second-order valence-corrected chi connectivity index (χ2v) is 6.23. The third-order valence-corrected chi connectivity index (χ3v) is 4.04. The second-order valence-electron chi connectivity index (χ2n) is 6.23. The van der Waals surface area contributed by atoms with Gasteiger partial charge in [-0.05, 0) is 48.5 Å². The number of ether oxygens (including phenoxy) is 1. The average Bonchev–Trinajstić information content (AvgIpc) is 2.69. The number of likely N-dealkylation sites (N-methyl/N-ethyl adjacent to an activating group) is 1. The van der Waals surface area contributed by atoms with Gasteiger partial charge in [-0.15, -0.1) is 0 Å². The monoisotopic (exact) mass is 323 g/mol. The minimum Gasteiger partial charge on any atom is -0.488 e. The summed E-state index contributed by atoms with van der Waals surface area (Å²) in [6.45, 7) is 1.31. The number of fused-ring (bicyclic) bond motifs is 2. The molecule has 0 aromatic heterocycles. The Hall–Kier alpha value is -2.59. The van der Waals surface area contributed by atoms with E-state index in [0.29, 0.717) is 6.61 Å². The summed E-state index contributed by atoms with van der Waals surface area (Å²) in [4.78, 5) is 13.1. The van der Waals surface area contributed by atoms with Gasteiger partial charge in [0.15, 0.2) is 0 Å². The Labute approximate surface area is 142 Å². The van der Waals surface area contributed by atoms with Crippen molar-refractivity contribution in [1.82, 2.24) is 4.90 Å². The van der Waals surface area contributed by atoms with Crippen molar-refractivity contribution in [3.8, 4) is 5.75 Å². The molecule has 0 fully saturated rings. The van der Waals surface area contributed by atoms with E-state index in [1.165, 1.54) is 0 Å². The first kappa shape index (κ1) is 16.3. The summed E-state index contributed by atoms with van der Waals surface area (Å²) in [6.07, 6.45) is 2.19. The van der Waals surface area contributed by atoms with Gasteiger partial charge in [-0.25, -0.2) is 0 Å². The van der Waals surface area contributed by atoms with E-state index in [4.69, 9.17) is 9.84 Å². The van der Waals surface area contributed by atoms with Crippen LogP contribution in [0.4, 0.5) is 0 Å². The Bertz CT molecular complexity index is 793.